The van der Waals surface area contributed by atoms with Crippen LogP contribution in [0.4, 0.5) is 0 Å². The first-order valence-corrected chi connectivity index (χ1v) is 10.1. The second kappa shape index (κ2) is 7.85. The summed E-state index contributed by atoms with van der Waals surface area (Å²) < 4.78 is 27.5. The molecule has 3 rings (SSSR count). The van der Waals surface area contributed by atoms with Crippen molar-refractivity contribution >= 4 is 10.0 Å². The van der Waals surface area contributed by atoms with Gasteiger partial charge in [-0.1, -0.05) is 25.3 Å². The number of hydrogen-bond donors (Lipinski definition) is 1. The van der Waals surface area contributed by atoms with Gasteiger partial charge < -0.3 is 0 Å². The fourth-order valence-corrected chi connectivity index (χ4v) is 4.70. The summed E-state index contributed by atoms with van der Waals surface area (Å²) in [7, 11) is -3.27. The van der Waals surface area contributed by atoms with Gasteiger partial charge in [-0.2, -0.15) is 0 Å². The molecule has 1 fully saturated rings. The van der Waals surface area contributed by atoms with E-state index >= 15 is 0 Å². The van der Waals surface area contributed by atoms with Crippen molar-refractivity contribution < 1.29 is 8.42 Å². The zero-order valence-electron chi connectivity index (χ0n) is 13.7. The predicted molar refractivity (Wildman–Crippen MR) is 94.7 cm³/mol. The van der Waals surface area contributed by atoms with E-state index in [1.165, 1.54) is 6.42 Å². The maximum absolute atomic E-state index is 12.4. The zero-order chi connectivity index (χ0) is 16.8. The van der Waals surface area contributed by atoms with Gasteiger partial charge in [0.25, 0.3) is 0 Å². The Balaban J connectivity index is 1.68. The Kier molecular flexibility index (Phi) is 5.58. The van der Waals surface area contributed by atoms with Crippen molar-refractivity contribution in [3.63, 3.8) is 0 Å². The number of nitrogens with zero attached hydrogens (tertiary/aromatic N) is 2. The van der Waals surface area contributed by atoms with E-state index in [1.807, 2.05) is 24.3 Å². The summed E-state index contributed by atoms with van der Waals surface area (Å²) in [6.45, 7) is 0.257. The Morgan fingerprint density at radius 3 is 2.62 bits per heavy atom. The van der Waals surface area contributed by atoms with Gasteiger partial charge in [0.15, 0.2) is 0 Å². The third kappa shape index (κ3) is 4.61. The minimum Gasteiger partial charge on any atom is -0.264 e. The fraction of sp³-hybridized carbons (Fsp3) is 0.444. The van der Waals surface area contributed by atoms with Crippen molar-refractivity contribution in [1.82, 2.24) is 14.7 Å². The molecule has 24 heavy (non-hydrogen) atoms. The molecule has 0 aromatic carbocycles. The fourth-order valence-electron chi connectivity index (χ4n) is 3.25. The maximum atomic E-state index is 12.4. The van der Waals surface area contributed by atoms with Gasteiger partial charge >= 0.3 is 0 Å². The third-order valence-corrected chi connectivity index (χ3v) is 5.98. The van der Waals surface area contributed by atoms with Crippen molar-refractivity contribution in [2.75, 3.05) is 5.75 Å². The molecule has 1 N–H and O–H groups in total. The van der Waals surface area contributed by atoms with Crippen LogP contribution >= 0.6 is 0 Å². The van der Waals surface area contributed by atoms with E-state index in [2.05, 4.69) is 14.7 Å². The van der Waals surface area contributed by atoms with E-state index in [4.69, 9.17) is 0 Å². The van der Waals surface area contributed by atoms with E-state index in [0.29, 0.717) is 5.92 Å². The molecule has 0 spiro atoms. The summed E-state index contributed by atoms with van der Waals surface area (Å²) in [6.07, 6.45) is 10.7. The highest BCUT2D eigenvalue weighted by atomic mass is 32.2. The average molecular weight is 345 g/mol. The summed E-state index contributed by atoms with van der Waals surface area (Å²) in [5.74, 6) is 0.526. The molecule has 1 aliphatic carbocycles. The molecular formula is C18H23N3O2S. The molecule has 5 nitrogen and oxygen atoms in total. The van der Waals surface area contributed by atoms with Crippen molar-refractivity contribution in [2.24, 2.45) is 5.92 Å². The van der Waals surface area contributed by atoms with Gasteiger partial charge in [0, 0.05) is 30.7 Å². The molecule has 0 amide bonds. The number of rotatable bonds is 6. The Labute approximate surface area is 143 Å². The highest BCUT2D eigenvalue weighted by Gasteiger charge is 2.21. The topological polar surface area (TPSA) is 72.0 Å². The van der Waals surface area contributed by atoms with Crippen LogP contribution in [0, 0.1) is 5.92 Å². The second-order valence-corrected chi connectivity index (χ2v) is 8.21. The molecule has 0 radical (unpaired) electrons. The normalized spacial score (nSPS) is 16.2. The number of pyridine rings is 2. The minimum absolute atomic E-state index is 0.232. The Morgan fingerprint density at radius 1 is 1.08 bits per heavy atom. The minimum atomic E-state index is -3.27. The van der Waals surface area contributed by atoms with Crippen LogP contribution in [0.2, 0.25) is 0 Å². The highest BCUT2D eigenvalue weighted by Crippen LogP contribution is 2.25. The van der Waals surface area contributed by atoms with Gasteiger partial charge in [-0.05, 0) is 42.5 Å². The largest absolute Gasteiger partial charge is 0.264 e. The van der Waals surface area contributed by atoms with E-state index in [1.54, 1.807) is 18.6 Å². The van der Waals surface area contributed by atoms with Gasteiger partial charge in [-0.15, -0.1) is 0 Å². The maximum Gasteiger partial charge on any atom is 0.212 e. The highest BCUT2D eigenvalue weighted by molar-refractivity contribution is 7.89. The van der Waals surface area contributed by atoms with Crippen molar-refractivity contribution in [3.8, 4) is 11.3 Å². The molecule has 128 valence electrons. The summed E-state index contributed by atoms with van der Waals surface area (Å²) in [5, 5.41) is 0. The zero-order valence-corrected chi connectivity index (χ0v) is 14.5. The second-order valence-electron chi connectivity index (χ2n) is 6.36. The quantitative estimate of drug-likeness (QED) is 0.873. The van der Waals surface area contributed by atoms with Crippen LogP contribution in [0.3, 0.4) is 0 Å². The first-order valence-electron chi connectivity index (χ1n) is 8.46. The first kappa shape index (κ1) is 17.0. The van der Waals surface area contributed by atoms with Crippen LogP contribution in [-0.4, -0.2) is 24.1 Å². The van der Waals surface area contributed by atoms with E-state index < -0.39 is 10.0 Å². The molecule has 0 unspecified atom stereocenters. The standard InChI is InChI=1S/C18H23N3O2S/c22-24(23,14-15-6-2-1-3-7-15)21-13-17-9-5-11-20-18(17)16-8-4-10-19-12-16/h4-5,8-12,15,21H,1-3,6-7,13-14H2. The molecule has 0 aliphatic heterocycles. The third-order valence-electron chi connectivity index (χ3n) is 4.49. The average Bonchev–Trinajstić information content (AvgIpc) is 2.62. The smallest absolute Gasteiger partial charge is 0.212 e. The van der Waals surface area contributed by atoms with Gasteiger partial charge in [0.1, 0.15) is 0 Å². The van der Waals surface area contributed by atoms with Gasteiger partial charge in [0.05, 0.1) is 11.4 Å². The lowest BCUT2D eigenvalue weighted by Crippen LogP contribution is -2.30. The lowest BCUT2D eigenvalue weighted by atomic mass is 9.91. The molecule has 0 bridgehead atoms. The molecule has 0 atom stereocenters. The molecular weight excluding hydrogens is 322 g/mol. The molecule has 6 heteroatoms. The molecule has 2 aromatic rings. The number of hydrogen-bond acceptors (Lipinski definition) is 4. The number of sulfonamides is 1. The van der Waals surface area contributed by atoms with E-state index in [-0.39, 0.29) is 12.3 Å². The van der Waals surface area contributed by atoms with E-state index in [9.17, 15) is 8.42 Å². The summed E-state index contributed by atoms with van der Waals surface area (Å²) in [6, 6.07) is 7.50. The Morgan fingerprint density at radius 2 is 1.88 bits per heavy atom. The van der Waals surface area contributed by atoms with Crippen LogP contribution in [-0.2, 0) is 16.6 Å². The van der Waals surface area contributed by atoms with E-state index in [0.717, 1.165) is 42.5 Å². The van der Waals surface area contributed by atoms with Crippen LogP contribution in [0.15, 0.2) is 42.9 Å². The van der Waals surface area contributed by atoms with Gasteiger partial charge in [-0.3, -0.25) is 9.97 Å². The van der Waals surface area contributed by atoms with Crippen LogP contribution in [0.25, 0.3) is 11.3 Å². The van der Waals surface area contributed by atoms with Crippen LogP contribution in [0.5, 0.6) is 0 Å². The Hall–Kier alpha value is -1.79. The molecule has 1 aliphatic rings. The van der Waals surface area contributed by atoms with Crippen molar-refractivity contribution in [2.45, 2.75) is 38.6 Å². The van der Waals surface area contributed by atoms with Gasteiger partial charge in [0.2, 0.25) is 10.0 Å². The summed E-state index contributed by atoms with van der Waals surface area (Å²) in [5.41, 5.74) is 2.52. The van der Waals surface area contributed by atoms with Crippen molar-refractivity contribution in [3.05, 3.63) is 48.4 Å². The monoisotopic (exact) mass is 345 g/mol. The number of nitrogens with one attached hydrogen (secondary N) is 1. The van der Waals surface area contributed by atoms with Crippen molar-refractivity contribution in [1.29, 1.82) is 0 Å². The molecule has 1 saturated carbocycles. The molecule has 2 heterocycles. The summed E-state index contributed by atoms with van der Waals surface area (Å²) in [4.78, 5) is 8.50. The summed E-state index contributed by atoms with van der Waals surface area (Å²) >= 11 is 0. The molecule has 0 saturated heterocycles. The predicted octanol–water partition coefficient (Wildman–Crippen LogP) is 3.14. The van der Waals surface area contributed by atoms with Crippen LogP contribution < -0.4 is 4.72 Å². The molecule has 2 aromatic heterocycles. The Bertz CT molecular complexity index is 757. The van der Waals surface area contributed by atoms with Gasteiger partial charge in [-0.25, -0.2) is 13.1 Å². The lowest BCUT2D eigenvalue weighted by Gasteiger charge is -2.21. The van der Waals surface area contributed by atoms with Crippen LogP contribution in [0.1, 0.15) is 37.7 Å². The lowest BCUT2D eigenvalue weighted by molar-refractivity contribution is 0.384. The SMILES string of the molecule is O=S(=O)(CC1CCCCC1)NCc1cccnc1-c1cccnc1. The number of aromatic nitrogens is 2. The first-order chi connectivity index (χ1) is 11.6.